The first-order valence-corrected chi connectivity index (χ1v) is 11.0. The third-order valence-electron chi connectivity index (χ3n) is 5.40. The van der Waals surface area contributed by atoms with Gasteiger partial charge in [0.2, 0.25) is 5.91 Å². The predicted octanol–water partition coefficient (Wildman–Crippen LogP) is 3.91. The van der Waals surface area contributed by atoms with Gasteiger partial charge in [0, 0.05) is 29.9 Å². The van der Waals surface area contributed by atoms with Gasteiger partial charge in [-0.1, -0.05) is 30.3 Å². The van der Waals surface area contributed by atoms with E-state index in [0.29, 0.717) is 30.4 Å². The first kappa shape index (κ1) is 23.7. The minimum absolute atomic E-state index is 0.0176. The fourth-order valence-electron chi connectivity index (χ4n) is 3.56. The molecule has 1 aliphatic heterocycles. The Balaban J connectivity index is 1.48. The highest BCUT2D eigenvalue weighted by Crippen LogP contribution is 2.33. The summed E-state index contributed by atoms with van der Waals surface area (Å²) in [6.45, 7) is 2.74. The van der Waals surface area contributed by atoms with Crippen LogP contribution in [0.15, 0.2) is 66.7 Å². The second kappa shape index (κ2) is 10.7. The van der Waals surface area contributed by atoms with E-state index in [9.17, 15) is 19.7 Å². The van der Waals surface area contributed by atoms with Gasteiger partial charge in [0.15, 0.2) is 11.5 Å². The number of benzene rings is 3. The molecule has 0 fully saturated rings. The fraction of sp³-hybridized carbons (Fsp3) is 0.200. The smallest absolute Gasteiger partial charge is 0.270 e. The van der Waals surface area contributed by atoms with Gasteiger partial charge in [0.05, 0.1) is 22.7 Å². The monoisotopic (exact) mass is 476 g/mol. The van der Waals surface area contributed by atoms with Crippen LogP contribution in [-0.4, -0.2) is 36.5 Å². The van der Waals surface area contributed by atoms with E-state index in [1.807, 2.05) is 37.3 Å². The minimum Gasteiger partial charge on any atom is -0.486 e. The van der Waals surface area contributed by atoms with E-state index in [2.05, 4.69) is 16.0 Å². The number of carbonyl (C=O) groups is 2. The zero-order valence-corrected chi connectivity index (χ0v) is 18.9. The quantitative estimate of drug-likeness (QED) is 0.332. The van der Waals surface area contributed by atoms with Crippen molar-refractivity contribution in [1.82, 2.24) is 5.32 Å². The first-order chi connectivity index (χ1) is 16.9. The molecule has 1 atom stereocenters. The van der Waals surface area contributed by atoms with E-state index in [-0.39, 0.29) is 29.5 Å². The van der Waals surface area contributed by atoms with Gasteiger partial charge >= 0.3 is 0 Å². The Morgan fingerprint density at radius 2 is 1.71 bits per heavy atom. The second-order valence-corrected chi connectivity index (χ2v) is 7.86. The van der Waals surface area contributed by atoms with Crippen LogP contribution >= 0.6 is 0 Å². The summed E-state index contributed by atoms with van der Waals surface area (Å²) in [6, 6.07) is 18.2. The number of ether oxygens (including phenoxy) is 2. The lowest BCUT2D eigenvalue weighted by Crippen LogP contribution is -2.30. The molecule has 3 aromatic rings. The molecule has 0 saturated heterocycles. The average Bonchev–Trinajstić information content (AvgIpc) is 2.87. The summed E-state index contributed by atoms with van der Waals surface area (Å²) in [4.78, 5) is 36.3. The Bertz CT molecular complexity index is 1250. The summed E-state index contributed by atoms with van der Waals surface area (Å²) >= 11 is 0. The van der Waals surface area contributed by atoms with Crippen LogP contribution in [0, 0.1) is 10.1 Å². The van der Waals surface area contributed by atoms with Gasteiger partial charge < -0.3 is 25.4 Å². The molecule has 3 aromatic carbocycles. The van der Waals surface area contributed by atoms with E-state index in [1.165, 1.54) is 12.1 Å². The molecule has 180 valence electrons. The molecule has 10 heteroatoms. The van der Waals surface area contributed by atoms with Crippen molar-refractivity contribution in [3.05, 3.63) is 88.0 Å². The van der Waals surface area contributed by atoms with Crippen LogP contribution in [0.5, 0.6) is 11.5 Å². The lowest BCUT2D eigenvalue weighted by molar-refractivity contribution is -0.384. The highest BCUT2D eigenvalue weighted by atomic mass is 16.6. The molecule has 0 aromatic heterocycles. The summed E-state index contributed by atoms with van der Waals surface area (Å²) in [7, 11) is 0. The fourth-order valence-corrected chi connectivity index (χ4v) is 3.56. The zero-order valence-electron chi connectivity index (χ0n) is 18.9. The van der Waals surface area contributed by atoms with Crippen molar-refractivity contribution < 1.29 is 24.0 Å². The van der Waals surface area contributed by atoms with Crippen LogP contribution < -0.4 is 25.4 Å². The van der Waals surface area contributed by atoms with Crippen LogP contribution in [0.3, 0.4) is 0 Å². The Morgan fingerprint density at radius 1 is 0.971 bits per heavy atom. The van der Waals surface area contributed by atoms with E-state index in [4.69, 9.17) is 9.47 Å². The summed E-state index contributed by atoms with van der Waals surface area (Å²) < 4.78 is 11.0. The first-order valence-electron chi connectivity index (χ1n) is 11.0. The van der Waals surface area contributed by atoms with Crippen molar-refractivity contribution in [1.29, 1.82) is 0 Å². The Labute approximate surface area is 201 Å². The highest BCUT2D eigenvalue weighted by Gasteiger charge is 2.20. The van der Waals surface area contributed by atoms with Gasteiger partial charge in [-0.3, -0.25) is 19.7 Å². The van der Waals surface area contributed by atoms with Crippen molar-refractivity contribution in [3.8, 4) is 11.5 Å². The van der Waals surface area contributed by atoms with Crippen molar-refractivity contribution in [2.45, 2.75) is 13.0 Å². The van der Waals surface area contributed by atoms with E-state index in [1.54, 1.807) is 18.2 Å². The summed E-state index contributed by atoms with van der Waals surface area (Å²) in [5.74, 6) is 0.0383. The van der Waals surface area contributed by atoms with Crippen molar-refractivity contribution in [2.75, 3.05) is 30.4 Å². The number of amides is 2. The highest BCUT2D eigenvalue weighted by molar-refractivity contribution is 6.10. The molecule has 0 spiro atoms. The predicted molar refractivity (Wildman–Crippen MR) is 130 cm³/mol. The molecular formula is C25H24N4O6. The summed E-state index contributed by atoms with van der Waals surface area (Å²) in [5, 5.41) is 19.8. The van der Waals surface area contributed by atoms with Gasteiger partial charge in [-0.15, -0.1) is 0 Å². The number of hydrogen-bond acceptors (Lipinski definition) is 7. The van der Waals surface area contributed by atoms with Gasteiger partial charge in [-0.05, 0) is 30.7 Å². The third-order valence-corrected chi connectivity index (χ3v) is 5.40. The van der Waals surface area contributed by atoms with Gasteiger partial charge in [0.1, 0.15) is 13.2 Å². The molecule has 0 radical (unpaired) electrons. The lowest BCUT2D eigenvalue weighted by Gasteiger charge is -2.19. The molecule has 0 bridgehead atoms. The molecule has 0 aliphatic carbocycles. The molecule has 35 heavy (non-hydrogen) atoms. The summed E-state index contributed by atoms with van der Waals surface area (Å²) in [6.07, 6.45) is 0. The maximum atomic E-state index is 13.0. The van der Waals surface area contributed by atoms with Crippen LogP contribution in [0.25, 0.3) is 0 Å². The molecule has 1 heterocycles. The number of nitro groups is 1. The third kappa shape index (κ3) is 5.92. The Morgan fingerprint density at radius 3 is 2.46 bits per heavy atom. The van der Waals surface area contributed by atoms with Gasteiger partial charge in [-0.2, -0.15) is 0 Å². The molecule has 0 saturated carbocycles. The number of hydrogen-bond donors (Lipinski definition) is 3. The molecule has 10 nitrogen and oxygen atoms in total. The number of non-ortho nitro benzene ring substituents is 1. The van der Waals surface area contributed by atoms with E-state index >= 15 is 0 Å². The van der Waals surface area contributed by atoms with E-state index < -0.39 is 16.7 Å². The zero-order chi connectivity index (χ0) is 24.8. The number of nitrogens with one attached hydrogen (secondary N) is 3. The number of nitro benzene ring substituents is 1. The van der Waals surface area contributed by atoms with Crippen molar-refractivity contribution >= 4 is 28.9 Å². The SMILES string of the molecule is CC(NCC(=O)Nc1ccc([N+](=O)[O-])cc1C(=O)Nc1ccc2c(c1)OCCO2)c1ccccc1. The summed E-state index contributed by atoms with van der Waals surface area (Å²) in [5.41, 5.74) is 1.28. The molecule has 1 aliphatic rings. The average molecular weight is 476 g/mol. The van der Waals surface area contributed by atoms with Crippen molar-refractivity contribution in [3.63, 3.8) is 0 Å². The number of nitrogens with zero attached hydrogens (tertiary/aromatic N) is 1. The van der Waals surface area contributed by atoms with Gasteiger partial charge in [0.25, 0.3) is 11.6 Å². The molecule has 4 rings (SSSR count). The van der Waals surface area contributed by atoms with Gasteiger partial charge in [-0.25, -0.2) is 0 Å². The molecular weight excluding hydrogens is 452 g/mol. The number of anilines is 2. The van der Waals surface area contributed by atoms with Crippen molar-refractivity contribution in [2.24, 2.45) is 0 Å². The Hall–Kier alpha value is -4.44. The number of carbonyl (C=O) groups excluding carboxylic acids is 2. The molecule has 1 unspecified atom stereocenters. The van der Waals surface area contributed by atoms with Crippen LogP contribution in [0.4, 0.5) is 17.1 Å². The van der Waals surface area contributed by atoms with Crippen LogP contribution in [0.2, 0.25) is 0 Å². The normalized spacial score (nSPS) is 12.9. The topological polar surface area (TPSA) is 132 Å². The van der Waals surface area contributed by atoms with E-state index in [0.717, 1.165) is 11.6 Å². The minimum atomic E-state index is -0.619. The largest absolute Gasteiger partial charge is 0.486 e. The van der Waals surface area contributed by atoms with Crippen LogP contribution in [-0.2, 0) is 4.79 Å². The second-order valence-electron chi connectivity index (χ2n) is 7.86. The maximum absolute atomic E-state index is 13.0. The van der Waals surface area contributed by atoms with Crippen LogP contribution in [0.1, 0.15) is 28.9 Å². The number of rotatable bonds is 8. The maximum Gasteiger partial charge on any atom is 0.270 e. The molecule has 2 amide bonds. The Kier molecular flexibility index (Phi) is 7.22. The molecule has 3 N–H and O–H groups in total. The standard InChI is InChI=1S/C25H24N4O6/c1-16(17-5-3-2-4-6-17)26-15-24(30)28-21-9-8-19(29(32)33)14-20(21)25(31)27-18-7-10-22-23(13-18)35-12-11-34-22/h2-10,13-14,16,26H,11-12,15H2,1H3,(H,27,31)(H,28,30). The number of fused-ring (bicyclic) bond motifs is 1. The lowest BCUT2D eigenvalue weighted by atomic mass is 10.1.